The fraction of sp³-hybridized carbons (Fsp3) is 0.323. The lowest BCUT2D eigenvalue weighted by atomic mass is 10.0. The summed E-state index contributed by atoms with van der Waals surface area (Å²) in [6.07, 6.45) is 3.63. The summed E-state index contributed by atoms with van der Waals surface area (Å²) in [5.74, 6) is 1.80. The van der Waals surface area contributed by atoms with Crippen LogP contribution in [0.5, 0.6) is 5.75 Å². The van der Waals surface area contributed by atoms with Gasteiger partial charge in [0.1, 0.15) is 24.5 Å². The molecule has 4 aromatic rings. The highest BCUT2D eigenvalue weighted by molar-refractivity contribution is 5.94. The standard InChI is InChI=1S/C29H31N3O3.C2H4O.H2/c1-3-4-20-5-7-21(8-6-20)29(33)32-14-16-35-27-12-10-22(17-24(27)19-32)23-9-11-25-26(18-23)31-28(30-25)13-15-34-2;1-2-3;/h5-12,17-18H,3-4,13-16,19H2,1-2H3,(H,30,31);2H,1H3;1H. The second-order valence-corrected chi connectivity index (χ2v) is 9.24. The van der Waals surface area contributed by atoms with Crippen LogP contribution >= 0.6 is 0 Å². The molecule has 1 aromatic heterocycles. The van der Waals surface area contributed by atoms with Crippen molar-refractivity contribution in [2.75, 3.05) is 26.9 Å². The minimum Gasteiger partial charge on any atom is -0.491 e. The highest BCUT2D eigenvalue weighted by Gasteiger charge is 2.21. The first kappa shape index (κ1) is 27.1. The number of nitrogens with one attached hydrogen (secondary N) is 1. The van der Waals surface area contributed by atoms with Gasteiger partial charge in [0, 0.05) is 32.6 Å². The molecule has 200 valence electrons. The zero-order valence-electron chi connectivity index (χ0n) is 22.3. The van der Waals surface area contributed by atoms with Gasteiger partial charge in [-0.25, -0.2) is 4.98 Å². The third-order valence-corrected chi connectivity index (χ3v) is 6.47. The number of ether oxygens (including phenoxy) is 2. The maximum absolute atomic E-state index is 13.3. The molecule has 38 heavy (non-hydrogen) atoms. The third kappa shape index (κ3) is 6.47. The Labute approximate surface area is 225 Å². The van der Waals surface area contributed by atoms with Crippen LogP contribution in [0, 0.1) is 0 Å². The number of nitrogens with zero attached hydrogens (tertiary/aromatic N) is 2. The molecule has 0 radical (unpaired) electrons. The van der Waals surface area contributed by atoms with Crippen LogP contribution in [0.15, 0.2) is 60.7 Å². The number of aromatic nitrogens is 2. The largest absolute Gasteiger partial charge is 0.491 e. The van der Waals surface area contributed by atoms with Gasteiger partial charge in [-0.05, 0) is 66.4 Å². The maximum Gasteiger partial charge on any atom is 0.254 e. The van der Waals surface area contributed by atoms with Crippen molar-refractivity contribution in [3.05, 3.63) is 83.2 Å². The fourth-order valence-corrected chi connectivity index (χ4v) is 4.59. The Kier molecular flexibility index (Phi) is 9.27. The molecule has 0 fully saturated rings. The number of methoxy groups -OCH3 is 1. The van der Waals surface area contributed by atoms with E-state index >= 15 is 0 Å². The van der Waals surface area contributed by atoms with Gasteiger partial charge < -0.3 is 24.2 Å². The van der Waals surface area contributed by atoms with Crippen molar-refractivity contribution in [3.8, 4) is 16.9 Å². The number of rotatable bonds is 7. The molecule has 7 heteroatoms. The smallest absolute Gasteiger partial charge is 0.254 e. The Hall–Kier alpha value is -3.97. The van der Waals surface area contributed by atoms with Gasteiger partial charge in [-0.1, -0.05) is 37.6 Å². The van der Waals surface area contributed by atoms with Gasteiger partial charge in [0.15, 0.2) is 0 Å². The summed E-state index contributed by atoms with van der Waals surface area (Å²) >= 11 is 0. The van der Waals surface area contributed by atoms with Gasteiger partial charge in [-0.15, -0.1) is 0 Å². The second-order valence-electron chi connectivity index (χ2n) is 9.24. The number of hydrogen-bond acceptors (Lipinski definition) is 5. The molecule has 0 unspecified atom stereocenters. The van der Waals surface area contributed by atoms with E-state index in [0.717, 1.165) is 70.4 Å². The molecule has 1 amide bonds. The number of H-pyrrole nitrogens is 1. The summed E-state index contributed by atoms with van der Waals surface area (Å²) in [5.41, 5.74) is 7.12. The first-order chi connectivity index (χ1) is 18.6. The summed E-state index contributed by atoms with van der Waals surface area (Å²) in [7, 11) is 1.70. The number of amides is 1. The highest BCUT2D eigenvalue weighted by Crippen LogP contribution is 2.31. The zero-order valence-corrected chi connectivity index (χ0v) is 22.3. The predicted molar refractivity (Wildman–Crippen MR) is 152 cm³/mol. The van der Waals surface area contributed by atoms with Crippen molar-refractivity contribution in [2.24, 2.45) is 0 Å². The second kappa shape index (κ2) is 13.0. The molecule has 1 N–H and O–H groups in total. The predicted octanol–water partition coefficient (Wildman–Crippen LogP) is 5.86. The van der Waals surface area contributed by atoms with Crippen molar-refractivity contribution in [1.82, 2.24) is 14.9 Å². The van der Waals surface area contributed by atoms with Gasteiger partial charge >= 0.3 is 0 Å². The third-order valence-electron chi connectivity index (χ3n) is 6.47. The number of carbonyl (C=O) groups is 2. The van der Waals surface area contributed by atoms with Gasteiger partial charge in [0.25, 0.3) is 5.91 Å². The molecular formula is C31H37N3O4. The van der Waals surface area contributed by atoms with E-state index in [1.807, 2.05) is 29.2 Å². The molecule has 0 saturated heterocycles. The molecule has 0 saturated carbocycles. The molecule has 1 aliphatic rings. The van der Waals surface area contributed by atoms with Crippen LogP contribution in [-0.4, -0.2) is 53.9 Å². The van der Waals surface area contributed by atoms with Gasteiger partial charge in [0.2, 0.25) is 0 Å². The van der Waals surface area contributed by atoms with Crippen LogP contribution in [-0.2, 0) is 28.9 Å². The Morgan fingerprint density at radius 1 is 1.11 bits per heavy atom. The van der Waals surface area contributed by atoms with E-state index in [2.05, 4.69) is 53.3 Å². The number of fused-ring (bicyclic) bond motifs is 2. The molecule has 3 aromatic carbocycles. The number of carbonyl (C=O) groups excluding carboxylic acids is 2. The van der Waals surface area contributed by atoms with Crippen LogP contribution in [0.1, 0.15) is 49.0 Å². The first-order valence-electron chi connectivity index (χ1n) is 13.1. The number of aryl methyl sites for hydroxylation is 1. The molecule has 0 spiro atoms. The van der Waals surface area contributed by atoms with Gasteiger partial charge in [0.05, 0.1) is 24.2 Å². The van der Waals surface area contributed by atoms with E-state index in [4.69, 9.17) is 14.3 Å². The minimum atomic E-state index is 0. The zero-order chi connectivity index (χ0) is 26.9. The van der Waals surface area contributed by atoms with Gasteiger partial charge in [-0.3, -0.25) is 4.79 Å². The molecule has 5 rings (SSSR count). The number of imidazole rings is 1. The topological polar surface area (TPSA) is 84.5 Å². The average Bonchev–Trinajstić information content (AvgIpc) is 3.22. The molecule has 0 bridgehead atoms. The van der Waals surface area contributed by atoms with Crippen molar-refractivity contribution < 1.29 is 20.5 Å². The Balaban J connectivity index is 0.00000101. The monoisotopic (exact) mass is 515 g/mol. The lowest BCUT2D eigenvalue weighted by Crippen LogP contribution is -2.32. The average molecular weight is 516 g/mol. The summed E-state index contributed by atoms with van der Waals surface area (Å²) in [6.45, 7) is 5.80. The van der Waals surface area contributed by atoms with E-state index in [1.54, 1.807) is 7.11 Å². The van der Waals surface area contributed by atoms with Crippen LogP contribution < -0.4 is 4.74 Å². The Morgan fingerprint density at radius 2 is 1.84 bits per heavy atom. The number of aromatic amines is 1. The summed E-state index contributed by atoms with van der Waals surface area (Å²) in [4.78, 5) is 32.0. The normalized spacial score (nSPS) is 12.7. The lowest BCUT2D eigenvalue weighted by Gasteiger charge is -2.20. The van der Waals surface area contributed by atoms with Crippen LogP contribution in [0.2, 0.25) is 0 Å². The van der Waals surface area contributed by atoms with Crippen LogP contribution in [0.3, 0.4) is 0 Å². The Morgan fingerprint density at radius 3 is 2.58 bits per heavy atom. The Bertz CT molecular complexity index is 1380. The minimum absolute atomic E-state index is 0. The molecule has 0 atom stereocenters. The van der Waals surface area contributed by atoms with E-state index in [9.17, 15) is 4.79 Å². The van der Waals surface area contributed by atoms with Crippen molar-refractivity contribution in [1.29, 1.82) is 0 Å². The van der Waals surface area contributed by atoms with E-state index in [-0.39, 0.29) is 7.33 Å². The van der Waals surface area contributed by atoms with Crippen molar-refractivity contribution in [2.45, 2.75) is 39.7 Å². The van der Waals surface area contributed by atoms with Crippen molar-refractivity contribution in [3.63, 3.8) is 0 Å². The fourth-order valence-electron chi connectivity index (χ4n) is 4.59. The lowest BCUT2D eigenvalue weighted by molar-refractivity contribution is -0.106. The highest BCUT2D eigenvalue weighted by atomic mass is 16.5. The van der Waals surface area contributed by atoms with E-state index < -0.39 is 0 Å². The summed E-state index contributed by atoms with van der Waals surface area (Å²) in [6, 6.07) is 20.5. The number of hydrogen-bond donors (Lipinski definition) is 1. The van der Waals surface area contributed by atoms with Crippen LogP contribution in [0.4, 0.5) is 0 Å². The van der Waals surface area contributed by atoms with E-state index in [1.165, 1.54) is 12.5 Å². The molecule has 0 aliphatic carbocycles. The van der Waals surface area contributed by atoms with Crippen molar-refractivity contribution >= 4 is 23.2 Å². The molecule has 7 nitrogen and oxygen atoms in total. The number of aldehydes is 1. The number of benzene rings is 3. The molecule has 2 heterocycles. The SMILES string of the molecule is CC=O.CCCc1ccc(C(=O)N2CCOc3ccc(-c4ccc5nc(CCOC)[nH]c5c4)cc3C2)cc1.[HH]. The van der Waals surface area contributed by atoms with Crippen LogP contribution in [0.25, 0.3) is 22.2 Å². The van der Waals surface area contributed by atoms with E-state index in [0.29, 0.717) is 26.3 Å². The molecule has 1 aliphatic heterocycles. The maximum atomic E-state index is 13.3. The summed E-state index contributed by atoms with van der Waals surface area (Å²) < 4.78 is 11.2. The quantitative estimate of drug-likeness (QED) is 0.312. The molecular weight excluding hydrogens is 478 g/mol. The first-order valence-corrected chi connectivity index (χ1v) is 13.1. The summed E-state index contributed by atoms with van der Waals surface area (Å²) in [5, 5.41) is 0. The van der Waals surface area contributed by atoms with Gasteiger partial charge in [-0.2, -0.15) is 0 Å².